The monoisotopic (exact) mass is 365 g/mol. The molecule has 0 fully saturated rings. The molecule has 1 N–H and O–H groups in total. The van der Waals surface area contributed by atoms with E-state index in [2.05, 4.69) is 10.5 Å². The Hall–Kier alpha value is -3.28. The number of ether oxygens (including phenoxy) is 2. The summed E-state index contributed by atoms with van der Waals surface area (Å²) >= 11 is 0. The number of benzene rings is 2. The molecule has 0 unspecified atom stereocenters. The number of hydrogen-bond acceptors (Lipinski definition) is 4. The van der Waals surface area contributed by atoms with Gasteiger partial charge in [-0.25, -0.2) is 5.43 Å². The molecule has 6 nitrogen and oxygen atoms in total. The lowest BCUT2D eigenvalue weighted by Crippen LogP contribution is -2.20. The summed E-state index contributed by atoms with van der Waals surface area (Å²) in [5, 5.41) is 5.07. The van der Waals surface area contributed by atoms with Crippen molar-refractivity contribution < 1.29 is 14.3 Å². The van der Waals surface area contributed by atoms with E-state index in [1.165, 1.54) is 0 Å². The van der Waals surface area contributed by atoms with E-state index < -0.39 is 0 Å². The number of aryl methyl sites for hydroxylation is 1. The molecule has 3 rings (SSSR count). The Morgan fingerprint density at radius 2 is 1.93 bits per heavy atom. The first kappa shape index (κ1) is 18.5. The lowest BCUT2D eigenvalue weighted by molar-refractivity contribution is 0.0947. The Labute approximate surface area is 158 Å². The van der Waals surface area contributed by atoms with Crippen LogP contribution >= 0.6 is 0 Å². The molecule has 1 aromatic heterocycles. The van der Waals surface area contributed by atoms with E-state index in [1.807, 2.05) is 74.0 Å². The number of carbonyl (C=O) groups excluding carboxylic acids is 1. The standard InChI is InChI=1S/C21H23N3O3/c1-14(2)27-19-10-9-15(11-20(19)26-4)13-22-23-21(25)18-12-16-7-5-6-8-17(16)24(18)3/h5-14H,1-4H3,(H,23,25)/b22-13+. The number of carbonyl (C=O) groups is 1. The number of amides is 1. The molecule has 140 valence electrons. The van der Waals surface area contributed by atoms with E-state index in [0.717, 1.165) is 16.5 Å². The van der Waals surface area contributed by atoms with Gasteiger partial charge in [-0.3, -0.25) is 4.79 Å². The van der Waals surface area contributed by atoms with Crippen LogP contribution in [0.25, 0.3) is 10.9 Å². The summed E-state index contributed by atoms with van der Waals surface area (Å²) in [6, 6.07) is 15.2. The molecule has 27 heavy (non-hydrogen) atoms. The molecular formula is C21H23N3O3. The molecule has 0 atom stereocenters. The van der Waals surface area contributed by atoms with Crippen molar-refractivity contribution in [3.05, 3.63) is 59.8 Å². The summed E-state index contributed by atoms with van der Waals surface area (Å²) in [7, 11) is 3.45. The second-order valence-electron chi connectivity index (χ2n) is 6.42. The fraction of sp³-hybridized carbons (Fsp3) is 0.238. The van der Waals surface area contributed by atoms with Gasteiger partial charge in [0.05, 0.1) is 19.4 Å². The molecule has 6 heteroatoms. The number of hydrazone groups is 1. The van der Waals surface area contributed by atoms with E-state index in [-0.39, 0.29) is 12.0 Å². The molecule has 0 radical (unpaired) electrons. The van der Waals surface area contributed by atoms with Crippen molar-refractivity contribution in [2.75, 3.05) is 7.11 Å². The third kappa shape index (κ3) is 4.11. The number of aromatic nitrogens is 1. The van der Waals surface area contributed by atoms with Crippen molar-refractivity contribution in [2.45, 2.75) is 20.0 Å². The van der Waals surface area contributed by atoms with Gasteiger partial charge in [0.1, 0.15) is 5.69 Å². The zero-order valence-electron chi connectivity index (χ0n) is 15.9. The Bertz CT molecular complexity index is 990. The summed E-state index contributed by atoms with van der Waals surface area (Å²) in [5.41, 5.74) is 4.91. The largest absolute Gasteiger partial charge is 0.493 e. The van der Waals surface area contributed by atoms with Crippen LogP contribution in [-0.4, -0.2) is 29.9 Å². The Morgan fingerprint density at radius 3 is 2.63 bits per heavy atom. The molecule has 2 aromatic carbocycles. The SMILES string of the molecule is COc1cc(/C=N/NC(=O)c2cc3ccccc3n2C)ccc1OC(C)C. The lowest BCUT2D eigenvalue weighted by atomic mass is 10.2. The summed E-state index contributed by atoms with van der Waals surface area (Å²) in [4.78, 5) is 12.4. The number of nitrogens with one attached hydrogen (secondary N) is 1. The van der Waals surface area contributed by atoms with Gasteiger partial charge < -0.3 is 14.0 Å². The fourth-order valence-corrected chi connectivity index (χ4v) is 2.85. The molecule has 3 aromatic rings. The predicted octanol–water partition coefficient (Wildman–Crippen LogP) is 3.74. The quantitative estimate of drug-likeness (QED) is 0.535. The van der Waals surface area contributed by atoms with E-state index >= 15 is 0 Å². The third-order valence-corrected chi connectivity index (χ3v) is 4.11. The number of para-hydroxylation sites is 1. The van der Waals surface area contributed by atoms with Crippen molar-refractivity contribution in [1.29, 1.82) is 0 Å². The molecule has 0 aliphatic rings. The van der Waals surface area contributed by atoms with Crippen molar-refractivity contribution in [2.24, 2.45) is 12.1 Å². The van der Waals surface area contributed by atoms with E-state index in [9.17, 15) is 4.79 Å². The van der Waals surface area contributed by atoms with Crippen LogP contribution in [0.5, 0.6) is 11.5 Å². The Balaban J connectivity index is 1.72. The minimum atomic E-state index is -0.267. The highest BCUT2D eigenvalue weighted by atomic mass is 16.5. The summed E-state index contributed by atoms with van der Waals surface area (Å²) in [5.74, 6) is 1.02. The molecule has 0 saturated heterocycles. The van der Waals surface area contributed by atoms with Crippen LogP contribution in [0.2, 0.25) is 0 Å². The second kappa shape index (κ2) is 7.95. The van der Waals surface area contributed by atoms with Gasteiger partial charge in [-0.05, 0) is 49.7 Å². The topological polar surface area (TPSA) is 64.8 Å². The van der Waals surface area contributed by atoms with Crippen LogP contribution in [0, 0.1) is 0 Å². The Kier molecular flexibility index (Phi) is 5.45. The zero-order valence-corrected chi connectivity index (χ0v) is 15.9. The smallest absolute Gasteiger partial charge is 0.287 e. The molecule has 0 saturated carbocycles. The first-order chi connectivity index (χ1) is 13.0. The van der Waals surface area contributed by atoms with Crippen LogP contribution < -0.4 is 14.9 Å². The predicted molar refractivity (Wildman–Crippen MR) is 107 cm³/mol. The maximum absolute atomic E-state index is 12.4. The van der Waals surface area contributed by atoms with Crippen molar-refractivity contribution in [3.8, 4) is 11.5 Å². The maximum atomic E-state index is 12.4. The van der Waals surface area contributed by atoms with Gasteiger partial charge in [0.2, 0.25) is 0 Å². The summed E-state index contributed by atoms with van der Waals surface area (Å²) in [6.07, 6.45) is 1.63. The van der Waals surface area contributed by atoms with E-state index in [4.69, 9.17) is 9.47 Å². The van der Waals surface area contributed by atoms with Gasteiger partial charge >= 0.3 is 0 Å². The summed E-state index contributed by atoms with van der Waals surface area (Å²) < 4.78 is 12.9. The molecule has 0 aliphatic carbocycles. The average molecular weight is 365 g/mol. The van der Waals surface area contributed by atoms with Gasteiger partial charge in [0.15, 0.2) is 11.5 Å². The van der Waals surface area contributed by atoms with E-state index in [1.54, 1.807) is 13.3 Å². The highest BCUT2D eigenvalue weighted by Gasteiger charge is 2.12. The van der Waals surface area contributed by atoms with Crippen molar-refractivity contribution >= 4 is 23.0 Å². The number of methoxy groups -OCH3 is 1. The van der Waals surface area contributed by atoms with Crippen LogP contribution in [0.15, 0.2) is 53.6 Å². The van der Waals surface area contributed by atoms with Crippen molar-refractivity contribution in [3.63, 3.8) is 0 Å². The zero-order chi connectivity index (χ0) is 19.4. The third-order valence-electron chi connectivity index (χ3n) is 4.11. The van der Waals surface area contributed by atoms with Crippen molar-refractivity contribution in [1.82, 2.24) is 9.99 Å². The van der Waals surface area contributed by atoms with Crippen LogP contribution in [0.3, 0.4) is 0 Å². The minimum Gasteiger partial charge on any atom is -0.493 e. The van der Waals surface area contributed by atoms with Crippen LogP contribution in [0.4, 0.5) is 0 Å². The van der Waals surface area contributed by atoms with Gasteiger partial charge in [0, 0.05) is 18.0 Å². The highest BCUT2D eigenvalue weighted by Crippen LogP contribution is 2.28. The minimum absolute atomic E-state index is 0.0542. The van der Waals surface area contributed by atoms with Gasteiger partial charge in [-0.2, -0.15) is 5.10 Å². The molecule has 0 aliphatic heterocycles. The molecule has 1 amide bonds. The maximum Gasteiger partial charge on any atom is 0.287 e. The number of fused-ring (bicyclic) bond motifs is 1. The molecule has 1 heterocycles. The van der Waals surface area contributed by atoms with Gasteiger partial charge in [-0.1, -0.05) is 18.2 Å². The molecule has 0 bridgehead atoms. The lowest BCUT2D eigenvalue weighted by Gasteiger charge is -2.13. The average Bonchev–Trinajstić information content (AvgIpc) is 2.99. The number of hydrogen-bond donors (Lipinski definition) is 1. The summed E-state index contributed by atoms with van der Waals surface area (Å²) in [6.45, 7) is 3.91. The second-order valence-corrected chi connectivity index (χ2v) is 6.42. The highest BCUT2D eigenvalue weighted by molar-refractivity contribution is 5.99. The van der Waals surface area contributed by atoms with Crippen LogP contribution in [-0.2, 0) is 7.05 Å². The van der Waals surface area contributed by atoms with E-state index in [0.29, 0.717) is 17.2 Å². The number of nitrogens with zero attached hydrogens (tertiary/aromatic N) is 2. The van der Waals surface area contributed by atoms with Crippen LogP contribution in [0.1, 0.15) is 29.9 Å². The first-order valence-corrected chi connectivity index (χ1v) is 8.72. The normalized spacial score (nSPS) is 11.3. The molecular weight excluding hydrogens is 342 g/mol. The van der Waals surface area contributed by atoms with Gasteiger partial charge in [-0.15, -0.1) is 0 Å². The van der Waals surface area contributed by atoms with Gasteiger partial charge in [0.25, 0.3) is 5.91 Å². The Morgan fingerprint density at radius 1 is 1.15 bits per heavy atom. The number of rotatable bonds is 6. The molecule has 0 spiro atoms. The first-order valence-electron chi connectivity index (χ1n) is 8.72. The fourth-order valence-electron chi connectivity index (χ4n) is 2.85.